The maximum Gasteiger partial charge on any atom is 0.172 e. The molecule has 0 radical (unpaired) electrons. The van der Waals surface area contributed by atoms with Crippen molar-refractivity contribution in [1.82, 2.24) is 0 Å². The number of ether oxygens (including phenoxy) is 2. The van der Waals surface area contributed by atoms with Crippen LogP contribution in [-0.2, 0) is 23.5 Å². The molecule has 0 saturated heterocycles. The van der Waals surface area contributed by atoms with Crippen LogP contribution in [-0.4, -0.2) is 31.7 Å². The molecular weight excluding hydrogens is 588 g/mol. The van der Waals surface area contributed by atoms with Crippen molar-refractivity contribution < 1.29 is 36.1 Å². The lowest BCUT2D eigenvalue weighted by Gasteiger charge is -2.06. The number of hydrogen-bond donors (Lipinski definition) is 0. The third-order valence-electron chi connectivity index (χ3n) is 7.73. The van der Waals surface area contributed by atoms with Gasteiger partial charge in [0.2, 0.25) is 0 Å². The lowest BCUT2D eigenvalue weighted by atomic mass is 10.1. The predicted molar refractivity (Wildman–Crippen MR) is 181 cm³/mol. The highest BCUT2D eigenvalue weighted by Gasteiger charge is 2.02. The highest BCUT2D eigenvalue weighted by atomic mass is 32.3. The Morgan fingerprint density at radius 1 is 0.489 bits per heavy atom. The zero-order valence-corrected chi connectivity index (χ0v) is 29.7. The molecule has 2 rings (SSSR count). The van der Waals surface area contributed by atoms with Crippen molar-refractivity contribution in [2.24, 2.45) is 0 Å². The van der Waals surface area contributed by atoms with Gasteiger partial charge >= 0.3 is 0 Å². The summed E-state index contributed by atoms with van der Waals surface area (Å²) >= 11 is 0. The number of hydrogen-bond acceptors (Lipinski definition) is 6. The fraction of sp³-hybridized carbons (Fsp3) is 0.722. The first kappa shape index (κ1) is 42.8. The summed E-state index contributed by atoms with van der Waals surface area (Å²) in [6, 6.07) is 8.10. The normalized spacial score (nSPS) is 10.8. The van der Waals surface area contributed by atoms with Gasteiger partial charge in [-0.05, 0) is 12.8 Å². The van der Waals surface area contributed by atoms with Crippen molar-refractivity contribution in [3.05, 3.63) is 49.1 Å². The number of aryl methyl sites for hydroxylation is 2. The fourth-order valence-corrected chi connectivity index (χ4v) is 5.02. The summed E-state index contributed by atoms with van der Waals surface area (Å²) in [4.78, 5) is 0. The van der Waals surface area contributed by atoms with Crippen LogP contribution in [0.1, 0.15) is 142 Å². The van der Waals surface area contributed by atoms with Gasteiger partial charge in [0.25, 0.3) is 0 Å². The summed E-state index contributed by atoms with van der Waals surface area (Å²) in [5.74, 6) is 1.87. The summed E-state index contributed by atoms with van der Waals surface area (Å²) < 4.78 is 48.9. The molecule has 0 aliphatic rings. The van der Waals surface area contributed by atoms with E-state index in [9.17, 15) is 0 Å². The Labute approximate surface area is 276 Å². The lowest BCUT2D eigenvalue weighted by Crippen LogP contribution is -2.32. The SMILES string of the molecule is CCCCCCCCCCCC[n+]1ccc(OC)cc1.CCCCCCCCCCCC[n+]1ccc(OC)cc1.O=S(=O)([O-])[O-]. The molecule has 9 heteroatoms. The van der Waals surface area contributed by atoms with Crippen molar-refractivity contribution >= 4 is 10.4 Å². The fourth-order valence-electron chi connectivity index (χ4n) is 5.02. The molecule has 0 amide bonds. The van der Waals surface area contributed by atoms with Gasteiger partial charge in [-0.1, -0.05) is 117 Å². The van der Waals surface area contributed by atoms with E-state index in [1.54, 1.807) is 14.2 Å². The van der Waals surface area contributed by atoms with Gasteiger partial charge in [0.15, 0.2) is 24.8 Å². The van der Waals surface area contributed by atoms with E-state index in [1.807, 2.05) is 24.3 Å². The van der Waals surface area contributed by atoms with Gasteiger partial charge in [0, 0.05) is 47.5 Å². The first-order valence-electron chi connectivity index (χ1n) is 17.5. The number of methoxy groups -OCH3 is 2. The Kier molecular flexibility index (Phi) is 28.9. The minimum Gasteiger partial charge on any atom is -0.759 e. The summed E-state index contributed by atoms with van der Waals surface area (Å²) in [6.45, 7) is 6.81. The van der Waals surface area contributed by atoms with Crippen LogP contribution in [0.5, 0.6) is 11.5 Å². The van der Waals surface area contributed by atoms with E-state index in [1.165, 1.54) is 128 Å². The molecule has 0 aliphatic carbocycles. The van der Waals surface area contributed by atoms with Crippen molar-refractivity contribution in [2.45, 2.75) is 155 Å². The van der Waals surface area contributed by atoms with Gasteiger partial charge in [-0.25, -0.2) is 9.13 Å². The average molecular weight is 653 g/mol. The molecule has 2 heterocycles. The molecule has 45 heavy (non-hydrogen) atoms. The minimum atomic E-state index is -5.17. The van der Waals surface area contributed by atoms with E-state index < -0.39 is 10.4 Å². The Hall–Kier alpha value is -2.23. The molecule has 8 nitrogen and oxygen atoms in total. The summed E-state index contributed by atoms with van der Waals surface area (Å²) in [7, 11) is -1.75. The average Bonchev–Trinajstić information content (AvgIpc) is 3.03. The molecule has 0 aromatic carbocycles. The number of rotatable bonds is 24. The van der Waals surface area contributed by atoms with Crippen LogP contribution in [0.3, 0.4) is 0 Å². The Balaban J connectivity index is 0.000000748. The van der Waals surface area contributed by atoms with Crippen LogP contribution in [0.4, 0.5) is 0 Å². The van der Waals surface area contributed by atoms with E-state index in [2.05, 4.69) is 47.8 Å². The molecule has 0 aliphatic heterocycles. The molecule has 0 unspecified atom stereocenters. The topological polar surface area (TPSA) is 106 Å². The van der Waals surface area contributed by atoms with Gasteiger partial charge in [-0.3, -0.25) is 8.42 Å². The van der Waals surface area contributed by atoms with E-state index >= 15 is 0 Å². The van der Waals surface area contributed by atoms with Crippen LogP contribution in [0.25, 0.3) is 0 Å². The quantitative estimate of drug-likeness (QED) is 0.0487. The molecular formula is C36H64N2O6S. The van der Waals surface area contributed by atoms with Crippen LogP contribution >= 0.6 is 0 Å². The van der Waals surface area contributed by atoms with Gasteiger partial charge in [0.1, 0.15) is 24.6 Å². The first-order valence-corrected chi connectivity index (χ1v) is 18.8. The highest BCUT2D eigenvalue weighted by molar-refractivity contribution is 7.79. The zero-order chi connectivity index (χ0) is 33.4. The molecule has 0 N–H and O–H groups in total. The highest BCUT2D eigenvalue weighted by Crippen LogP contribution is 2.12. The molecule has 0 saturated carbocycles. The van der Waals surface area contributed by atoms with Crippen molar-refractivity contribution in [3.63, 3.8) is 0 Å². The van der Waals surface area contributed by atoms with Gasteiger partial charge < -0.3 is 18.6 Å². The van der Waals surface area contributed by atoms with Gasteiger partial charge in [-0.15, -0.1) is 0 Å². The second-order valence-electron chi connectivity index (χ2n) is 11.7. The number of nitrogens with zero attached hydrogens (tertiary/aromatic N) is 2. The molecule has 0 spiro atoms. The van der Waals surface area contributed by atoms with Crippen molar-refractivity contribution in [3.8, 4) is 11.5 Å². The lowest BCUT2D eigenvalue weighted by molar-refractivity contribution is -0.697. The van der Waals surface area contributed by atoms with Gasteiger partial charge in [-0.2, -0.15) is 0 Å². The second kappa shape index (κ2) is 30.4. The maximum atomic E-state index is 8.52. The molecule has 0 atom stereocenters. The third kappa shape index (κ3) is 31.5. The standard InChI is InChI=1S/2C18H32NO.H2O4S/c2*1-3-4-5-6-7-8-9-10-11-12-15-19-16-13-18(20-2)14-17-19;1-5(2,3)4/h2*13-14,16-17H,3-12,15H2,1-2H3;(H2,1,2,3,4)/q2*+1;/p-2. The monoisotopic (exact) mass is 652 g/mol. The van der Waals surface area contributed by atoms with E-state index in [0.717, 1.165) is 24.6 Å². The van der Waals surface area contributed by atoms with Gasteiger partial charge in [0.05, 0.1) is 14.2 Å². The molecule has 0 fully saturated rings. The number of unbranched alkanes of at least 4 members (excludes halogenated alkanes) is 18. The van der Waals surface area contributed by atoms with E-state index in [-0.39, 0.29) is 0 Å². The number of pyridine rings is 2. The summed E-state index contributed by atoms with van der Waals surface area (Å²) in [6.07, 6.45) is 36.3. The van der Waals surface area contributed by atoms with E-state index in [0.29, 0.717) is 0 Å². The molecule has 260 valence electrons. The van der Waals surface area contributed by atoms with Crippen molar-refractivity contribution in [1.29, 1.82) is 0 Å². The molecule has 0 bridgehead atoms. The Morgan fingerprint density at radius 2 is 0.711 bits per heavy atom. The molecule has 2 aromatic heterocycles. The minimum absolute atomic E-state index is 0.935. The van der Waals surface area contributed by atoms with Crippen LogP contribution in [0.2, 0.25) is 0 Å². The predicted octanol–water partition coefficient (Wildman–Crippen LogP) is 8.47. The summed E-state index contributed by atoms with van der Waals surface area (Å²) in [5.41, 5.74) is 0. The smallest absolute Gasteiger partial charge is 0.172 e. The molecule has 2 aromatic rings. The Bertz CT molecular complexity index is 926. The first-order chi connectivity index (χ1) is 21.7. The van der Waals surface area contributed by atoms with Crippen molar-refractivity contribution in [2.75, 3.05) is 14.2 Å². The van der Waals surface area contributed by atoms with Crippen LogP contribution in [0.15, 0.2) is 49.1 Å². The summed E-state index contributed by atoms with van der Waals surface area (Å²) in [5, 5.41) is 0. The maximum absolute atomic E-state index is 8.52. The number of aromatic nitrogens is 2. The zero-order valence-electron chi connectivity index (χ0n) is 28.9. The van der Waals surface area contributed by atoms with Crippen LogP contribution < -0.4 is 18.6 Å². The Morgan fingerprint density at radius 3 is 0.933 bits per heavy atom. The van der Waals surface area contributed by atoms with Crippen LogP contribution in [0, 0.1) is 0 Å². The third-order valence-corrected chi connectivity index (χ3v) is 7.73. The largest absolute Gasteiger partial charge is 0.759 e. The second-order valence-corrected chi connectivity index (χ2v) is 12.5. The van der Waals surface area contributed by atoms with E-state index in [4.69, 9.17) is 27.0 Å².